The maximum Gasteiger partial charge on any atom is 0.253 e. The standard InChI is InChI=1S/C24H22BrClN4O2/c1-14(31)22(16-4-5-16)30-21-7-6-17(10-20(21)26)19-9-15(11-28-23(19)25)12-29-24(32)18-3-2-8-27-13-18/h2-3,6-11,13,16,22,30H,4-5,12H2,1H3,(H,29,32). The number of pyridine rings is 2. The molecule has 2 aromatic heterocycles. The third-order valence-electron chi connectivity index (χ3n) is 5.39. The first-order chi connectivity index (χ1) is 15.4. The van der Waals surface area contributed by atoms with E-state index < -0.39 is 0 Å². The Kier molecular flexibility index (Phi) is 6.86. The Morgan fingerprint density at radius 3 is 2.69 bits per heavy atom. The van der Waals surface area contributed by atoms with Gasteiger partial charge in [0.1, 0.15) is 4.60 Å². The molecule has 1 aliphatic carbocycles. The second-order valence-electron chi connectivity index (χ2n) is 7.87. The predicted octanol–water partition coefficient (Wildman–Crippen LogP) is 5.27. The zero-order valence-corrected chi connectivity index (χ0v) is 19.8. The summed E-state index contributed by atoms with van der Waals surface area (Å²) >= 11 is 10.0. The number of nitrogens with zero attached hydrogens (tertiary/aromatic N) is 2. The van der Waals surface area contributed by atoms with Gasteiger partial charge in [-0.05, 0) is 83.1 Å². The number of amides is 1. The Hall–Kier alpha value is -2.77. The molecule has 2 N–H and O–H groups in total. The molecule has 3 aromatic rings. The molecule has 1 aliphatic rings. The average molecular weight is 514 g/mol. The second kappa shape index (κ2) is 9.79. The highest BCUT2D eigenvalue weighted by Gasteiger charge is 2.34. The third-order valence-corrected chi connectivity index (χ3v) is 6.34. The van der Waals surface area contributed by atoms with Gasteiger partial charge in [0.2, 0.25) is 0 Å². The molecule has 1 unspecified atom stereocenters. The molecular weight excluding hydrogens is 492 g/mol. The van der Waals surface area contributed by atoms with E-state index in [1.807, 2.05) is 24.3 Å². The fourth-order valence-corrected chi connectivity index (χ4v) is 4.20. The van der Waals surface area contributed by atoms with Crippen LogP contribution in [0.25, 0.3) is 11.1 Å². The van der Waals surface area contributed by atoms with E-state index in [4.69, 9.17) is 11.6 Å². The van der Waals surface area contributed by atoms with Gasteiger partial charge in [-0.1, -0.05) is 17.7 Å². The van der Waals surface area contributed by atoms with Crippen molar-refractivity contribution in [1.82, 2.24) is 15.3 Å². The molecule has 8 heteroatoms. The van der Waals surface area contributed by atoms with Gasteiger partial charge in [-0.2, -0.15) is 0 Å². The molecule has 1 atom stereocenters. The zero-order chi connectivity index (χ0) is 22.7. The van der Waals surface area contributed by atoms with Gasteiger partial charge >= 0.3 is 0 Å². The Labute approximate surface area is 199 Å². The third kappa shape index (κ3) is 5.34. The quantitative estimate of drug-likeness (QED) is 0.401. The zero-order valence-electron chi connectivity index (χ0n) is 17.4. The summed E-state index contributed by atoms with van der Waals surface area (Å²) in [4.78, 5) is 32.6. The van der Waals surface area contributed by atoms with Crippen LogP contribution >= 0.6 is 27.5 Å². The molecule has 4 rings (SSSR count). The highest BCUT2D eigenvalue weighted by molar-refractivity contribution is 9.10. The normalized spacial score (nSPS) is 14.0. The van der Waals surface area contributed by atoms with Gasteiger partial charge in [0, 0.05) is 30.7 Å². The number of nitrogens with one attached hydrogen (secondary N) is 2. The summed E-state index contributed by atoms with van der Waals surface area (Å²) in [6.45, 7) is 1.94. The van der Waals surface area contributed by atoms with Crippen LogP contribution < -0.4 is 10.6 Å². The van der Waals surface area contributed by atoms with Crippen molar-refractivity contribution in [2.45, 2.75) is 32.4 Å². The van der Waals surface area contributed by atoms with Crippen LogP contribution in [-0.4, -0.2) is 27.7 Å². The van der Waals surface area contributed by atoms with Crippen LogP contribution in [0, 0.1) is 5.92 Å². The molecule has 32 heavy (non-hydrogen) atoms. The number of anilines is 1. The second-order valence-corrected chi connectivity index (χ2v) is 9.03. The number of benzene rings is 1. The van der Waals surface area contributed by atoms with Crippen LogP contribution in [0.3, 0.4) is 0 Å². The number of hydrogen-bond acceptors (Lipinski definition) is 5. The number of aromatic nitrogens is 2. The lowest BCUT2D eigenvalue weighted by Crippen LogP contribution is -2.29. The van der Waals surface area contributed by atoms with Gasteiger partial charge in [-0.3, -0.25) is 14.6 Å². The molecule has 1 aromatic carbocycles. The highest BCUT2D eigenvalue weighted by atomic mass is 79.9. The van der Waals surface area contributed by atoms with Crippen molar-refractivity contribution in [3.63, 3.8) is 0 Å². The SMILES string of the molecule is CC(=O)C(Nc1ccc(-c2cc(CNC(=O)c3cccnc3)cnc2Br)cc1Cl)C1CC1. The summed E-state index contributed by atoms with van der Waals surface area (Å²) in [6, 6.07) is 10.9. The molecule has 1 saturated carbocycles. The summed E-state index contributed by atoms with van der Waals surface area (Å²) in [5, 5.41) is 6.72. The predicted molar refractivity (Wildman–Crippen MR) is 129 cm³/mol. The first-order valence-corrected chi connectivity index (χ1v) is 11.5. The van der Waals surface area contributed by atoms with Gasteiger partial charge in [0.25, 0.3) is 5.91 Å². The number of Topliss-reactive ketones (excluding diaryl/α,β-unsaturated/α-hetero) is 1. The topological polar surface area (TPSA) is 84.0 Å². The summed E-state index contributed by atoms with van der Waals surface area (Å²) in [5.74, 6) is 0.317. The van der Waals surface area contributed by atoms with E-state index in [-0.39, 0.29) is 17.7 Å². The van der Waals surface area contributed by atoms with E-state index in [9.17, 15) is 9.59 Å². The summed E-state index contributed by atoms with van der Waals surface area (Å²) < 4.78 is 0.677. The molecule has 1 fully saturated rings. The first kappa shape index (κ1) is 22.4. The number of hydrogen-bond donors (Lipinski definition) is 2. The van der Waals surface area contributed by atoms with Crippen molar-refractivity contribution in [2.24, 2.45) is 5.92 Å². The van der Waals surface area contributed by atoms with Crippen molar-refractivity contribution in [2.75, 3.05) is 5.32 Å². The largest absolute Gasteiger partial charge is 0.374 e. The van der Waals surface area contributed by atoms with Gasteiger partial charge < -0.3 is 10.6 Å². The van der Waals surface area contributed by atoms with Crippen LogP contribution in [0.5, 0.6) is 0 Å². The molecule has 0 aliphatic heterocycles. The van der Waals surface area contributed by atoms with E-state index >= 15 is 0 Å². The molecule has 0 bridgehead atoms. The van der Waals surface area contributed by atoms with Crippen LogP contribution in [-0.2, 0) is 11.3 Å². The minimum Gasteiger partial charge on any atom is -0.374 e. The molecule has 164 valence electrons. The summed E-state index contributed by atoms with van der Waals surface area (Å²) in [6.07, 6.45) is 6.99. The average Bonchev–Trinajstić information content (AvgIpc) is 3.63. The lowest BCUT2D eigenvalue weighted by Gasteiger charge is -2.18. The van der Waals surface area contributed by atoms with Crippen molar-refractivity contribution in [1.29, 1.82) is 0 Å². The lowest BCUT2D eigenvalue weighted by atomic mass is 10.0. The molecular formula is C24H22BrClN4O2. The van der Waals surface area contributed by atoms with Crippen LogP contribution in [0.1, 0.15) is 35.7 Å². The van der Waals surface area contributed by atoms with Crippen molar-refractivity contribution < 1.29 is 9.59 Å². The molecule has 2 heterocycles. The summed E-state index contributed by atoms with van der Waals surface area (Å²) in [7, 11) is 0. The molecule has 0 saturated heterocycles. The Morgan fingerprint density at radius 2 is 2.03 bits per heavy atom. The van der Waals surface area contributed by atoms with E-state index in [2.05, 4.69) is 36.5 Å². The van der Waals surface area contributed by atoms with E-state index in [1.54, 1.807) is 31.5 Å². The van der Waals surface area contributed by atoms with E-state index in [0.29, 0.717) is 27.7 Å². The van der Waals surface area contributed by atoms with Crippen molar-refractivity contribution in [3.8, 4) is 11.1 Å². The molecule has 0 radical (unpaired) electrons. The maximum absolute atomic E-state index is 12.3. The smallest absolute Gasteiger partial charge is 0.253 e. The maximum atomic E-state index is 12.3. The van der Waals surface area contributed by atoms with E-state index in [1.165, 1.54) is 6.20 Å². The monoisotopic (exact) mass is 512 g/mol. The minimum atomic E-state index is -0.197. The number of rotatable bonds is 8. The highest BCUT2D eigenvalue weighted by Crippen LogP contribution is 2.37. The van der Waals surface area contributed by atoms with Gasteiger partial charge in [-0.15, -0.1) is 0 Å². The number of carbonyl (C=O) groups excluding carboxylic acids is 2. The Balaban J connectivity index is 1.50. The summed E-state index contributed by atoms with van der Waals surface area (Å²) in [5.41, 5.74) is 3.83. The minimum absolute atomic E-state index is 0.126. The van der Waals surface area contributed by atoms with Crippen LogP contribution in [0.15, 0.2) is 59.6 Å². The molecule has 6 nitrogen and oxygen atoms in total. The number of halogens is 2. The lowest BCUT2D eigenvalue weighted by molar-refractivity contribution is -0.118. The first-order valence-electron chi connectivity index (χ1n) is 10.3. The van der Waals surface area contributed by atoms with Crippen molar-refractivity contribution in [3.05, 3.63) is 75.7 Å². The Bertz CT molecular complexity index is 1150. The fourth-order valence-electron chi connectivity index (χ4n) is 3.52. The van der Waals surface area contributed by atoms with Crippen molar-refractivity contribution >= 4 is 44.9 Å². The van der Waals surface area contributed by atoms with Crippen LogP contribution in [0.4, 0.5) is 5.69 Å². The van der Waals surface area contributed by atoms with Gasteiger partial charge in [0.15, 0.2) is 5.78 Å². The van der Waals surface area contributed by atoms with Gasteiger partial charge in [-0.25, -0.2) is 4.98 Å². The van der Waals surface area contributed by atoms with E-state index in [0.717, 1.165) is 35.2 Å². The molecule has 0 spiro atoms. The van der Waals surface area contributed by atoms with Gasteiger partial charge in [0.05, 0.1) is 22.3 Å². The number of ketones is 1. The fraction of sp³-hybridized carbons (Fsp3) is 0.250. The van der Waals surface area contributed by atoms with Crippen LogP contribution in [0.2, 0.25) is 5.02 Å². The number of carbonyl (C=O) groups is 2. The Morgan fingerprint density at radius 1 is 1.22 bits per heavy atom. The molecule has 1 amide bonds.